The molecule has 1 fully saturated rings. The van der Waals surface area contributed by atoms with E-state index in [0.29, 0.717) is 0 Å². The van der Waals surface area contributed by atoms with Gasteiger partial charge in [-0.2, -0.15) is 0 Å². The van der Waals surface area contributed by atoms with Gasteiger partial charge in [-0.05, 0) is 6.92 Å². The van der Waals surface area contributed by atoms with Crippen LogP contribution in [-0.2, 0) is 13.8 Å². The van der Waals surface area contributed by atoms with E-state index in [1.165, 1.54) is 6.92 Å². The first-order chi connectivity index (χ1) is 10.1. The van der Waals surface area contributed by atoms with E-state index < -0.39 is 50.3 Å². The number of aliphatic hydroxyl groups is 1. The lowest BCUT2D eigenvalue weighted by Gasteiger charge is -2.16. The van der Waals surface area contributed by atoms with Gasteiger partial charge < -0.3 is 19.6 Å². The number of alkyl halides is 1. The number of halogens is 1. The number of rotatable bonds is 4. The van der Waals surface area contributed by atoms with Gasteiger partial charge in [-0.15, -0.1) is 0 Å². The van der Waals surface area contributed by atoms with Crippen LogP contribution in [0.15, 0.2) is 15.8 Å². The quantitative estimate of drug-likeness (QED) is 0.486. The van der Waals surface area contributed by atoms with Gasteiger partial charge in [0.05, 0.1) is 6.61 Å². The van der Waals surface area contributed by atoms with Gasteiger partial charge in [0, 0.05) is 11.8 Å². The molecule has 0 spiro atoms. The fourth-order valence-electron chi connectivity index (χ4n) is 2.01. The van der Waals surface area contributed by atoms with Crippen molar-refractivity contribution in [3.8, 4) is 0 Å². The van der Waals surface area contributed by atoms with Crippen molar-refractivity contribution in [1.29, 1.82) is 0 Å². The lowest BCUT2D eigenvalue weighted by atomic mass is 10.1. The third-order valence-electron chi connectivity index (χ3n) is 3.12. The van der Waals surface area contributed by atoms with Crippen LogP contribution in [0.3, 0.4) is 0 Å². The highest BCUT2D eigenvalue weighted by atomic mass is 31.2. The topological polar surface area (TPSA) is 151 Å². The normalized spacial score (nSPS) is 29.0. The van der Waals surface area contributed by atoms with Gasteiger partial charge in [-0.25, -0.2) is 13.8 Å². The number of H-pyrrole nitrogens is 1. The molecular formula is C10H14FN2O8P. The molecule has 1 saturated heterocycles. The molecule has 1 aromatic heterocycles. The monoisotopic (exact) mass is 340 g/mol. The molecule has 124 valence electrons. The summed E-state index contributed by atoms with van der Waals surface area (Å²) in [5.74, 6) is 0. The summed E-state index contributed by atoms with van der Waals surface area (Å²) in [5, 5.41) is 9.68. The van der Waals surface area contributed by atoms with E-state index in [4.69, 9.17) is 14.5 Å². The third-order valence-corrected chi connectivity index (χ3v) is 3.61. The zero-order chi connectivity index (χ0) is 16.7. The van der Waals surface area contributed by atoms with Crippen LogP contribution in [0, 0.1) is 6.92 Å². The van der Waals surface area contributed by atoms with Crippen molar-refractivity contribution in [3.05, 3.63) is 32.6 Å². The second-order valence-corrected chi connectivity index (χ2v) is 6.00. The average Bonchev–Trinajstić information content (AvgIpc) is 2.68. The van der Waals surface area contributed by atoms with Gasteiger partial charge >= 0.3 is 13.5 Å². The molecule has 2 heterocycles. The number of phosphoric acid groups is 1. The van der Waals surface area contributed by atoms with E-state index in [9.17, 15) is 23.7 Å². The number of phosphoric ester groups is 1. The van der Waals surface area contributed by atoms with Crippen molar-refractivity contribution in [3.63, 3.8) is 0 Å². The highest BCUT2D eigenvalue weighted by Gasteiger charge is 2.46. The van der Waals surface area contributed by atoms with Crippen molar-refractivity contribution in [1.82, 2.24) is 9.55 Å². The standard InChI is InChI=1S/C10H14FN2O8P/c1-4-2-13(10(16)12-8(4)15)9-6(11)7(14)5(21-9)3-20-22(17,18)19/h2,5-7,9,14H,3H2,1H3,(H,12,15,16)(H2,17,18,19)/t5-,6+,7?,9-/m0/s1. The van der Waals surface area contributed by atoms with E-state index >= 15 is 0 Å². The first-order valence-corrected chi connectivity index (χ1v) is 7.63. The third kappa shape index (κ3) is 3.51. The Morgan fingerprint density at radius 1 is 1.50 bits per heavy atom. The summed E-state index contributed by atoms with van der Waals surface area (Å²) in [6.45, 7) is 0.626. The maximum absolute atomic E-state index is 14.1. The molecule has 22 heavy (non-hydrogen) atoms. The Morgan fingerprint density at radius 2 is 2.14 bits per heavy atom. The van der Waals surface area contributed by atoms with E-state index in [1.54, 1.807) is 0 Å². The zero-order valence-electron chi connectivity index (χ0n) is 11.2. The molecule has 0 aromatic carbocycles. The predicted octanol–water partition coefficient (Wildman–Crippen LogP) is -1.45. The summed E-state index contributed by atoms with van der Waals surface area (Å²) < 4.78 is 34.7. The fraction of sp³-hybridized carbons (Fsp3) is 0.600. The van der Waals surface area contributed by atoms with Crippen molar-refractivity contribution >= 4 is 7.82 Å². The minimum Gasteiger partial charge on any atom is -0.387 e. The summed E-state index contributed by atoms with van der Waals surface area (Å²) in [6, 6.07) is 0. The lowest BCUT2D eigenvalue weighted by molar-refractivity contribution is -0.0484. The molecule has 4 atom stereocenters. The maximum atomic E-state index is 14.1. The first kappa shape index (κ1) is 17.0. The Balaban J connectivity index is 2.23. The molecule has 1 aliphatic rings. The Hall–Kier alpha value is -1.36. The Bertz CT molecular complexity index is 712. The molecule has 1 aliphatic heterocycles. The summed E-state index contributed by atoms with van der Waals surface area (Å²) >= 11 is 0. The molecule has 4 N–H and O–H groups in total. The average molecular weight is 340 g/mol. The number of aromatic nitrogens is 2. The molecule has 0 bridgehead atoms. The van der Waals surface area contributed by atoms with Gasteiger partial charge in [0.2, 0.25) is 0 Å². The van der Waals surface area contributed by atoms with E-state index in [-0.39, 0.29) is 5.56 Å². The number of aromatic amines is 1. The lowest BCUT2D eigenvalue weighted by Crippen LogP contribution is -2.36. The number of hydrogen-bond donors (Lipinski definition) is 4. The van der Waals surface area contributed by atoms with E-state index in [0.717, 1.165) is 10.8 Å². The largest absolute Gasteiger partial charge is 0.469 e. The van der Waals surface area contributed by atoms with Crippen LogP contribution < -0.4 is 11.2 Å². The van der Waals surface area contributed by atoms with Crippen LogP contribution >= 0.6 is 7.82 Å². The molecule has 1 aromatic rings. The molecule has 0 aliphatic carbocycles. The minimum atomic E-state index is -4.81. The van der Waals surface area contributed by atoms with E-state index in [1.807, 2.05) is 4.98 Å². The van der Waals surface area contributed by atoms with Gasteiger partial charge in [-0.3, -0.25) is 18.9 Å². The van der Waals surface area contributed by atoms with Gasteiger partial charge in [0.25, 0.3) is 5.56 Å². The van der Waals surface area contributed by atoms with Crippen LogP contribution in [0.25, 0.3) is 0 Å². The van der Waals surface area contributed by atoms with Crippen LogP contribution in [0.4, 0.5) is 4.39 Å². The highest BCUT2D eigenvalue weighted by molar-refractivity contribution is 7.46. The van der Waals surface area contributed by atoms with Gasteiger partial charge in [-0.1, -0.05) is 0 Å². The highest BCUT2D eigenvalue weighted by Crippen LogP contribution is 2.38. The summed E-state index contributed by atoms with van der Waals surface area (Å²) in [4.78, 5) is 42.1. The second-order valence-electron chi connectivity index (χ2n) is 4.77. The smallest absolute Gasteiger partial charge is 0.387 e. The Morgan fingerprint density at radius 3 is 2.73 bits per heavy atom. The molecule has 12 heteroatoms. The number of nitrogens with zero attached hydrogens (tertiary/aromatic N) is 1. The second kappa shape index (κ2) is 6.03. The molecule has 10 nitrogen and oxygen atoms in total. The molecule has 2 rings (SSSR count). The summed E-state index contributed by atoms with van der Waals surface area (Å²) in [7, 11) is -4.81. The number of aryl methyl sites for hydroxylation is 1. The molecule has 0 saturated carbocycles. The van der Waals surface area contributed by atoms with Crippen LogP contribution in [0.5, 0.6) is 0 Å². The molecule has 1 unspecified atom stereocenters. The molecule has 0 radical (unpaired) electrons. The minimum absolute atomic E-state index is 0.125. The summed E-state index contributed by atoms with van der Waals surface area (Å²) in [6.07, 6.45) is -5.67. The van der Waals surface area contributed by atoms with Crippen molar-refractivity contribution < 1.29 is 33.1 Å². The predicted molar refractivity (Wildman–Crippen MR) is 68.9 cm³/mol. The Kier molecular flexibility index (Phi) is 4.66. The van der Waals surface area contributed by atoms with Crippen LogP contribution in [0.2, 0.25) is 0 Å². The van der Waals surface area contributed by atoms with Crippen molar-refractivity contribution in [2.45, 2.75) is 31.5 Å². The van der Waals surface area contributed by atoms with Crippen molar-refractivity contribution in [2.24, 2.45) is 0 Å². The Labute approximate surface area is 122 Å². The van der Waals surface area contributed by atoms with Crippen LogP contribution in [0.1, 0.15) is 11.8 Å². The molecular weight excluding hydrogens is 326 g/mol. The number of aliphatic hydroxyl groups excluding tert-OH is 1. The molecule has 0 amide bonds. The number of ether oxygens (including phenoxy) is 1. The van der Waals surface area contributed by atoms with Crippen LogP contribution in [-0.4, -0.2) is 49.4 Å². The zero-order valence-corrected chi connectivity index (χ0v) is 12.1. The SMILES string of the molecule is Cc1cn([C@H]2O[C@@H](COP(=O)(O)O)C(O)[C@H]2F)c(=O)[nH]c1=O. The fourth-order valence-corrected chi connectivity index (χ4v) is 2.35. The number of nitrogens with one attached hydrogen (secondary N) is 1. The van der Waals surface area contributed by atoms with Crippen molar-refractivity contribution in [2.75, 3.05) is 6.61 Å². The summed E-state index contributed by atoms with van der Waals surface area (Å²) in [5.41, 5.74) is -1.46. The van der Waals surface area contributed by atoms with Gasteiger partial charge in [0.15, 0.2) is 12.4 Å². The maximum Gasteiger partial charge on any atom is 0.469 e. The van der Waals surface area contributed by atoms with Gasteiger partial charge in [0.1, 0.15) is 12.2 Å². The van der Waals surface area contributed by atoms with E-state index in [2.05, 4.69) is 4.52 Å². The first-order valence-electron chi connectivity index (χ1n) is 6.10. The number of hydrogen-bond acceptors (Lipinski definition) is 6.